The number of hydrogen-bond donors (Lipinski definition) is 3. The van der Waals surface area contributed by atoms with Gasteiger partial charge >= 0.3 is 12.0 Å². The molecular formula is C13H15N3O4. The Labute approximate surface area is 115 Å². The van der Waals surface area contributed by atoms with E-state index in [4.69, 9.17) is 5.11 Å². The Morgan fingerprint density at radius 3 is 2.55 bits per heavy atom. The third-order valence-corrected chi connectivity index (χ3v) is 2.92. The van der Waals surface area contributed by atoms with E-state index in [2.05, 4.69) is 10.6 Å². The van der Waals surface area contributed by atoms with E-state index in [0.717, 1.165) is 5.69 Å². The van der Waals surface area contributed by atoms with Crippen molar-refractivity contribution in [3.05, 3.63) is 29.8 Å². The topological polar surface area (TPSA) is 98.7 Å². The number of carbonyl (C=O) groups is 3. The van der Waals surface area contributed by atoms with Gasteiger partial charge in [0.05, 0.1) is 6.42 Å². The third kappa shape index (κ3) is 3.25. The van der Waals surface area contributed by atoms with Crippen LogP contribution in [0, 0.1) is 0 Å². The number of carboxylic acid groups (broad SMARTS) is 1. The van der Waals surface area contributed by atoms with Crippen LogP contribution >= 0.6 is 0 Å². The molecule has 3 amide bonds. The largest absolute Gasteiger partial charge is 0.481 e. The molecule has 0 spiro atoms. The first-order chi connectivity index (χ1) is 9.58. The summed E-state index contributed by atoms with van der Waals surface area (Å²) in [5, 5.41) is 13.7. The maximum Gasteiger partial charge on any atom is 0.321 e. The Kier molecular flexibility index (Phi) is 4.19. The molecule has 1 fully saturated rings. The minimum absolute atomic E-state index is 0.0877. The summed E-state index contributed by atoms with van der Waals surface area (Å²) in [7, 11) is 0. The lowest BCUT2D eigenvalue weighted by Gasteiger charge is -2.14. The summed E-state index contributed by atoms with van der Waals surface area (Å²) in [6.07, 6.45) is -0.113. The second-order valence-corrected chi connectivity index (χ2v) is 4.33. The number of amides is 3. The van der Waals surface area contributed by atoms with Crippen LogP contribution in [0.15, 0.2) is 24.3 Å². The van der Waals surface area contributed by atoms with Gasteiger partial charge in [0.25, 0.3) is 5.91 Å². The first-order valence-electron chi connectivity index (χ1n) is 6.23. The molecule has 0 bridgehead atoms. The van der Waals surface area contributed by atoms with E-state index < -0.39 is 5.97 Å². The SMILES string of the molecule is O=C(O)CCNC(=O)c1ccc(N2CCNC2=O)cc1. The zero-order valence-corrected chi connectivity index (χ0v) is 10.8. The van der Waals surface area contributed by atoms with Crippen molar-refractivity contribution in [1.82, 2.24) is 10.6 Å². The van der Waals surface area contributed by atoms with Gasteiger partial charge in [0.2, 0.25) is 0 Å². The molecule has 0 aliphatic carbocycles. The predicted octanol–water partition coefficient (Wildman–Crippen LogP) is 0.421. The van der Waals surface area contributed by atoms with E-state index >= 15 is 0 Å². The molecule has 7 nitrogen and oxygen atoms in total. The third-order valence-electron chi connectivity index (χ3n) is 2.92. The van der Waals surface area contributed by atoms with Crippen molar-refractivity contribution in [2.45, 2.75) is 6.42 Å². The van der Waals surface area contributed by atoms with Crippen molar-refractivity contribution in [3.63, 3.8) is 0 Å². The van der Waals surface area contributed by atoms with Gasteiger partial charge in [-0.15, -0.1) is 0 Å². The van der Waals surface area contributed by atoms with Crippen molar-refractivity contribution in [2.24, 2.45) is 0 Å². The lowest BCUT2D eigenvalue weighted by atomic mass is 10.2. The smallest absolute Gasteiger partial charge is 0.321 e. The van der Waals surface area contributed by atoms with Crippen LogP contribution in [0.4, 0.5) is 10.5 Å². The average Bonchev–Trinajstić information content (AvgIpc) is 2.84. The monoisotopic (exact) mass is 277 g/mol. The zero-order valence-electron chi connectivity index (χ0n) is 10.8. The van der Waals surface area contributed by atoms with Gasteiger partial charge in [-0.2, -0.15) is 0 Å². The highest BCUT2D eigenvalue weighted by atomic mass is 16.4. The second kappa shape index (κ2) is 6.05. The fourth-order valence-electron chi connectivity index (χ4n) is 1.90. The van der Waals surface area contributed by atoms with Crippen molar-refractivity contribution in [1.29, 1.82) is 0 Å². The van der Waals surface area contributed by atoms with Crippen LogP contribution in [-0.2, 0) is 4.79 Å². The van der Waals surface area contributed by atoms with Crippen LogP contribution in [-0.4, -0.2) is 42.6 Å². The molecule has 0 atom stereocenters. The first-order valence-corrected chi connectivity index (χ1v) is 6.23. The molecule has 106 valence electrons. The molecule has 0 saturated carbocycles. The number of benzene rings is 1. The predicted molar refractivity (Wildman–Crippen MR) is 71.8 cm³/mol. The number of rotatable bonds is 5. The Hall–Kier alpha value is -2.57. The molecule has 3 N–H and O–H groups in total. The summed E-state index contributed by atoms with van der Waals surface area (Å²) < 4.78 is 0. The minimum atomic E-state index is -0.958. The maximum atomic E-state index is 11.7. The number of nitrogens with zero attached hydrogens (tertiary/aromatic N) is 1. The van der Waals surface area contributed by atoms with E-state index in [-0.39, 0.29) is 24.9 Å². The van der Waals surface area contributed by atoms with E-state index in [9.17, 15) is 14.4 Å². The summed E-state index contributed by atoms with van der Waals surface area (Å²) in [6.45, 7) is 1.30. The summed E-state index contributed by atoms with van der Waals surface area (Å²) in [5.74, 6) is -1.29. The van der Waals surface area contributed by atoms with Crippen LogP contribution in [0.5, 0.6) is 0 Å². The van der Waals surface area contributed by atoms with Gasteiger partial charge in [-0.1, -0.05) is 0 Å². The fraction of sp³-hybridized carbons (Fsp3) is 0.308. The van der Waals surface area contributed by atoms with Gasteiger partial charge in [0.1, 0.15) is 0 Å². The highest BCUT2D eigenvalue weighted by molar-refractivity contribution is 5.97. The van der Waals surface area contributed by atoms with Gasteiger partial charge in [0, 0.05) is 30.9 Å². The normalized spacial score (nSPS) is 14.0. The van der Waals surface area contributed by atoms with Gasteiger partial charge in [-0.3, -0.25) is 14.5 Å². The molecule has 7 heteroatoms. The molecule has 1 saturated heterocycles. The highest BCUT2D eigenvalue weighted by Gasteiger charge is 2.21. The van der Waals surface area contributed by atoms with E-state index in [1.807, 2.05) is 0 Å². The highest BCUT2D eigenvalue weighted by Crippen LogP contribution is 2.17. The summed E-state index contributed by atoms with van der Waals surface area (Å²) in [5.41, 5.74) is 1.15. The Morgan fingerprint density at radius 2 is 2.00 bits per heavy atom. The Morgan fingerprint density at radius 1 is 1.30 bits per heavy atom. The molecule has 1 aromatic rings. The van der Waals surface area contributed by atoms with Crippen LogP contribution in [0.25, 0.3) is 0 Å². The number of carbonyl (C=O) groups excluding carboxylic acids is 2. The van der Waals surface area contributed by atoms with Crippen molar-refractivity contribution < 1.29 is 19.5 Å². The Balaban J connectivity index is 1.95. The van der Waals surface area contributed by atoms with Gasteiger partial charge in [-0.25, -0.2) is 4.79 Å². The molecular weight excluding hydrogens is 262 g/mol. The quantitative estimate of drug-likeness (QED) is 0.726. The van der Waals surface area contributed by atoms with E-state index in [1.54, 1.807) is 29.2 Å². The maximum absolute atomic E-state index is 11.7. The number of carboxylic acids is 1. The first kappa shape index (κ1) is 13.9. The number of anilines is 1. The molecule has 2 rings (SSSR count). The Bertz CT molecular complexity index is 527. The van der Waals surface area contributed by atoms with Crippen LogP contribution in [0.2, 0.25) is 0 Å². The van der Waals surface area contributed by atoms with Crippen molar-refractivity contribution in [3.8, 4) is 0 Å². The summed E-state index contributed by atoms with van der Waals surface area (Å²) in [6, 6.07) is 6.45. The molecule has 1 aliphatic heterocycles. The lowest BCUT2D eigenvalue weighted by molar-refractivity contribution is -0.136. The standard InChI is InChI=1S/C13H15N3O4/c17-11(18)5-6-14-12(19)9-1-3-10(4-2-9)16-8-7-15-13(16)20/h1-4H,5-8H2,(H,14,19)(H,15,20)(H,17,18). The molecule has 1 aromatic carbocycles. The second-order valence-electron chi connectivity index (χ2n) is 4.33. The molecule has 1 aliphatic rings. The zero-order chi connectivity index (χ0) is 14.5. The minimum Gasteiger partial charge on any atom is -0.481 e. The van der Waals surface area contributed by atoms with Gasteiger partial charge in [-0.05, 0) is 24.3 Å². The summed E-state index contributed by atoms with van der Waals surface area (Å²) in [4.78, 5) is 35.1. The summed E-state index contributed by atoms with van der Waals surface area (Å²) >= 11 is 0. The number of urea groups is 1. The molecule has 20 heavy (non-hydrogen) atoms. The van der Waals surface area contributed by atoms with Crippen LogP contribution < -0.4 is 15.5 Å². The number of nitrogens with one attached hydrogen (secondary N) is 2. The molecule has 0 aromatic heterocycles. The molecule has 1 heterocycles. The van der Waals surface area contributed by atoms with E-state index in [1.165, 1.54) is 0 Å². The van der Waals surface area contributed by atoms with E-state index in [0.29, 0.717) is 18.7 Å². The number of hydrogen-bond acceptors (Lipinski definition) is 3. The molecule has 0 unspecified atom stereocenters. The van der Waals surface area contributed by atoms with Gasteiger partial charge < -0.3 is 15.7 Å². The van der Waals surface area contributed by atoms with Crippen molar-refractivity contribution >= 4 is 23.6 Å². The van der Waals surface area contributed by atoms with Crippen LogP contribution in [0.3, 0.4) is 0 Å². The van der Waals surface area contributed by atoms with Crippen molar-refractivity contribution in [2.75, 3.05) is 24.5 Å². The lowest BCUT2D eigenvalue weighted by Crippen LogP contribution is -2.28. The molecule has 0 radical (unpaired) electrons. The number of aliphatic carboxylic acids is 1. The average molecular weight is 277 g/mol. The fourth-order valence-corrected chi connectivity index (χ4v) is 1.90. The van der Waals surface area contributed by atoms with Crippen LogP contribution in [0.1, 0.15) is 16.8 Å². The van der Waals surface area contributed by atoms with Gasteiger partial charge in [0.15, 0.2) is 0 Å².